The third-order valence-corrected chi connectivity index (χ3v) is 5.30. The van der Waals surface area contributed by atoms with Crippen LogP contribution >= 0.6 is 0 Å². The number of aryl methyl sites for hydroxylation is 1. The van der Waals surface area contributed by atoms with Crippen molar-refractivity contribution >= 4 is 5.78 Å². The number of ketones is 1. The summed E-state index contributed by atoms with van der Waals surface area (Å²) in [6.45, 7) is 15.7. The van der Waals surface area contributed by atoms with Crippen LogP contribution in [0.25, 0.3) is 0 Å². The molecular weight excluding hydrogens is 372 g/mol. The number of hydrogen-bond acceptors (Lipinski definition) is 3. The Morgan fingerprint density at radius 2 is 1.53 bits per heavy atom. The normalized spacial score (nSPS) is 13.9. The number of carbonyl (C=O) groups is 1. The Morgan fingerprint density at radius 3 is 2.07 bits per heavy atom. The zero-order valence-corrected chi connectivity index (χ0v) is 19.7. The van der Waals surface area contributed by atoms with Crippen molar-refractivity contribution in [1.29, 1.82) is 0 Å². The molecule has 0 spiro atoms. The summed E-state index contributed by atoms with van der Waals surface area (Å²) in [5.41, 5.74) is 3.52. The Hall–Kier alpha value is -2.13. The molecule has 0 bridgehead atoms. The lowest BCUT2D eigenvalue weighted by atomic mass is 9.76. The molecule has 3 heteroatoms. The van der Waals surface area contributed by atoms with E-state index in [4.69, 9.17) is 9.47 Å². The van der Waals surface area contributed by atoms with Crippen molar-refractivity contribution in [2.45, 2.75) is 73.5 Å². The summed E-state index contributed by atoms with van der Waals surface area (Å²) >= 11 is 0. The van der Waals surface area contributed by atoms with Crippen molar-refractivity contribution in [3.63, 3.8) is 0 Å². The van der Waals surface area contributed by atoms with E-state index < -0.39 is 6.29 Å². The summed E-state index contributed by atoms with van der Waals surface area (Å²) in [7, 11) is 0. The van der Waals surface area contributed by atoms with Crippen LogP contribution in [0.2, 0.25) is 0 Å². The lowest BCUT2D eigenvalue weighted by Gasteiger charge is -2.29. The number of rotatable bonds is 10. The summed E-state index contributed by atoms with van der Waals surface area (Å²) in [5.74, 6) is 1.99. The summed E-state index contributed by atoms with van der Waals surface area (Å²) in [6, 6.07) is 16.0. The van der Waals surface area contributed by atoms with Gasteiger partial charge in [0.2, 0.25) is 0 Å². The first kappa shape index (κ1) is 24.1. The van der Waals surface area contributed by atoms with Crippen LogP contribution in [0.3, 0.4) is 0 Å². The maximum absolute atomic E-state index is 12.2. The Labute approximate surface area is 182 Å². The van der Waals surface area contributed by atoms with Gasteiger partial charge in [0.25, 0.3) is 0 Å². The Kier molecular flexibility index (Phi) is 8.66. The van der Waals surface area contributed by atoms with E-state index in [2.05, 4.69) is 46.8 Å². The van der Waals surface area contributed by atoms with Crippen LogP contribution < -0.4 is 4.74 Å². The van der Waals surface area contributed by atoms with Crippen LogP contribution in [0.5, 0.6) is 5.75 Å². The molecule has 0 saturated heterocycles. The van der Waals surface area contributed by atoms with E-state index >= 15 is 0 Å². The summed E-state index contributed by atoms with van der Waals surface area (Å²) in [6.07, 6.45) is 1.09. The van der Waals surface area contributed by atoms with E-state index in [9.17, 15) is 4.79 Å². The first-order chi connectivity index (χ1) is 14.0. The molecule has 164 valence electrons. The maximum atomic E-state index is 12.2. The van der Waals surface area contributed by atoms with Crippen molar-refractivity contribution < 1.29 is 14.3 Å². The molecule has 0 amide bonds. The largest absolute Gasteiger partial charge is 0.465 e. The molecule has 2 unspecified atom stereocenters. The molecule has 2 aromatic rings. The minimum Gasteiger partial charge on any atom is -0.465 e. The fourth-order valence-electron chi connectivity index (χ4n) is 3.62. The zero-order chi connectivity index (χ0) is 22.3. The van der Waals surface area contributed by atoms with E-state index in [-0.39, 0.29) is 5.78 Å². The van der Waals surface area contributed by atoms with E-state index in [1.54, 1.807) is 0 Å². The highest BCUT2D eigenvalue weighted by molar-refractivity contribution is 5.96. The number of benzene rings is 2. The molecule has 0 radical (unpaired) electrons. The summed E-state index contributed by atoms with van der Waals surface area (Å²) < 4.78 is 11.6. The number of hydrogen-bond donors (Lipinski definition) is 0. The maximum Gasteiger partial charge on any atom is 0.196 e. The molecule has 0 fully saturated rings. The molecule has 30 heavy (non-hydrogen) atoms. The lowest BCUT2D eigenvalue weighted by molar-refractivity contribution is -0.0653. The van der Waals surface area contributed by atoms with Gasteiger partial charge in [-0.25, -0.2) is 0 Å². The molecular formula is C27H38O3. The number of carbonyl (C=O) groups excluding carboxylic acids is 1. The quantitative estimate of drug-likeness (QED) is 0.307. The Morgan fingerprint density at radius 1 is 0.933 bits per heavy atom. The van der Waals surface area contributed by atoms with E-state index in [1.807, 2.05) is 50.2 Å². The molecule has 0 aliphatic rings. The van der Waals surface area contributed by atoms with Gasteiger partial charge < -0.3 is 9.47 Å². The van der Waals surface area contributed by atoms with Crippen molar-refractivity contribution in [1.82, 2.24) is 0 Å². The molecule has 2 atom stereocenters. The standard InChI is InChI=1S/C27H38O3/c1-19(2)25(18-27(5,6)7)22-12-14-24(15-13-22)30-21(4)29-17-16-26(28)23-10-8-20(3)9-11-23/h8-15,19,21,25H,16-18H2,1-7H3. The molecule has 2 rings (SSSR count). The fraction of sp³-hybridized carbons (Fsp3) is 0.519. The molecule has 0 aliphatic heterocycles. The van der Waals surface area contributed by atoms with Gasteiger partial charge >= 0.3 is 0 Å². The predicted octanol–water partition coefficient (Wildman–Crippen LogP) is 7.19. The van der Waals surface area contributed by atoms with Crippen LogP contribution in [0.4, 0.5) is 0 Å². The monoisotopic (exact) mass is 410 g/mol. The molecule has 0 aromatic heterocycles. The second-order valence-corrected chi connectivity index (χ2v) is 9.78. The Balaban J connectivity index is 1.84. The van der Waals surface area contributed by atoms with Crippen LogP contribution in [-0.2, 0) is 4.74 Å². The summed E-state index contributed by atoms with van der Waals surface area (Å²) in [5, 5.41) is 0. The van der Waals surface area contributed by atoms with Crippen LogP contribution in [0.1, 0.15) is 81.8 Å². The highest BCUT2D eigenvalue weighted by Gasteiger charge is 2.23. The van der Waals surface area contributed by atoms with Gasteiger partial charge in [-0.2, -0.15) is 0 Å². The van der Waals surface area contributed by atoms with Crippen molar-refractivity contribution in [2.75, 3.05) is 6.61 Å². The highest BCUT2D eigenvalue weighted by atomic mass is 16.7. The first-order valence-electron chi connectivity index (χ1n) is 11.0. The fourth-order valence-corrected chi connectivity index (χ4v) is 3.62. The van der Waals surface area contributed by atoms with Crippen LogP contribution in [-0.4, -0.2) is 18.7 Å². The van der Waals surface area contributed by atoms with Crippen molar-refractivity contribution in [3.8, 4) is 5.75 Å². The molecule has 2 aromatic carbocycles. The summed E-state index contributed by atoms with van der Waals surface area (Å²) in [4.78, 5) is 12.2. The highest BCUT2D eigenvalue weighted by Crippen LogP contribution is 2.36. The minimum atomic E-state index is -0.405. The van der Waals surface area contributed by atoms with Crippen LogP contribution in [0.15, 0.2) is 48.5 Å². The molecule has 0 N–H and O–H groups in total. The van der Waals surface area contributed by atoms with Gasteiger partial charge in [0.15, 0.2) is 12.1 Å². The number of Topliss-reactive ketones (excluding diaryl/α,β-unsaturated/α-hetero) is 1. The van der Waals surface area contributed by atoms with E-state index in [0.29, 0.717) is 30.3 Å². The third-order valence-electron chi connectivity index (χ3n) is 5.30. The van der Waals surface area contributed by atoms with Crippen molar-refractivity contribution in [3.05, 3.63) is 65.2 Å². The third kappa shape index (κ3) is 7.95. The average Bonchev–Trinajstić information content (AvgIpc) is 2.66. The lowest BCUT2D eigenvalue weighted by Crippen LogP contribution is -2.19. The van der Waals surface area contributed by atoms with Crippen molar-refractivity contribution in [2.24, 2.45) is 11.3 Å². The van der Waals surface area contributed by atoms with Gasteiger partial charge in [-0.15, -0.1) is 0 Å². The molecule has 0 aliphatic carbocycles. The smallest absolute Gasteiger partial charge is 0.196 e. The van der Waals surface area contributed by atoms with Gasteiger partial charge in [0.1, 0.15) is 5.75 Å². The second kappa shape index (κ2) is 10.8. The van der Waals surface area contributed by atoms with Gasteiger partial charge in [-0.05, 0) is 55.2 Å². The second-order valence-electron chi connectivity index (χ2n) is 9.78. The SMILES string of the molecule is Cc1ccc(C(=O)CCOC(C)Oc2ccc(C(CC(C)(C)C)C(C)C)cc2)cc1. The van der Waals surface area contributed by atoms with Crippen LogP contribution in [0, 0.1) is 18.3 Å². The minimum absolute atomic E-state index is 0.0881. The van der Waals surface area contributed by atoms with E-state index in [1.165, 1.54) is 5.56 Å². The number of ether oxygens (including phenoxy) is 2. The van der Waals surface area contributed by atoms with E-state index in [0.717, 1.165) is 23.3 Å². The molecule has 3 nitrogen and oxygen atoms in total. The van der Waals surface area contributed by atoms with Gasteiger partial charge in [0.05, 0.1) is 6.61 Å². The first-order valence-corrected chi connectivity index (χ1v) is 11.0. The Bertz CT molecular complexity index is 782. The van der Waals surface area contributed by atoms with Gasteiger partial charge in [-0.1, -0.05) is 76.6 Å². The predicted molar refractivity (Wildman–Crippen MR) is 124 cm³/mol. The average molecular weight is 411 g/mol. The topological polar surface area (TPSA) is 35.5 Å². The van der Waals surface area contributed by atoms with Gasteiger partial charge in [0, 0.05) is 12.0 Å². The zero-order valence-electron chi connectivity index (χ0n) is 19.7. The molecule has 0 heterocycles. The molecule has 0 saturated carbocycles. The van der Waals surface area contributed by atoms with Gasteiger partial charge in [-0.3, -0.25) is 4.79 Å².